The number of fused-ring (bicyclic) bond motifs is 2. The second-order valence-corrected chi connectivity index (χ2v) is 6.82. The zero-order valence-electron chi connectivity index (χ0n) is 14.4. The van der Waals surface area contributed by atoms with E-state index >= 15 is 0 Å². The molecule has 4 nitrogen and oxygen atoms in total. The smallest absolute Gasteiger partial charge is 0.148 e. The van der Waals surface area contributed by atoms with Crippen molar-refractivity contribution >= 4 is 33.4 Å². The van der Waals surface area contributed by atoms with E-state index in [1.165, 1.54) is 0 Å². The molecule has 5 heteroatoms. The molecular weight excluding hydrogens is 348 g/mol. The minimum absolute atomic E-state index is 0.313. The summed E-state index contributed by atoms with van der Waals surface area (Å²) < 4.78 is 8.08. The normalized spacial score (nSPS) is 12.6. The lowest BCUT2D eigenvalue weighted by atomic mass is 10.1. The van der Waals surface area contributed by atoms with E-state index in [0.29, 0.717) is 18.2 Å². The lowest BCUT2D eigenvalue weighted by Crippen LogP contribution is -2.15. The molecule has 1 N–H and O–H groups in total. The summed E-state index contributed by atoms with van der Waals surface area (Å²) in [7, 11) is 0. The van der Waals surface area contributed by atoms with Gasteiger partial charge in [-0.15, -0.1) is 0 Å². The van der Waals surface area contributed by atoms with E-state index < -0.39 is 6.10 Å². The number of halogens is 1. The van der Waals surface area contributed by atoms with E-state index in [0.717, 1.165) is 33.4 Å². The van der Waals surface area contributed by atoms with Crippen LogP contribution >= 0.6 is 11.6 Å². The van der Waals surface area contributed by atoms with Crippen molar-refractivity contribution in [3.63, 3.8) is 0 Å². The van der Waals surface area contributed by atoms with Crippen LogP contribution in [0.1, 0.15) is 12.7 Å². The Hall–Kier alpha value is -2.56. The Kier molecular flexibility index (Phi) is 4.53. The number of hydrogen-bond acceptors (Lipinski definition) is 3. The Bertz CT molecular complexity index is 1070. The summed E-state index contributed by atoms with van der Waals surface area (Å²) in [6.07, 6.45) is -0.487. The van der Waals surface area contributed by atoms with Gasteiger partial charge in [-0.25, -0.2) is 4.98 Å². The van der Waals surface area contributed by atoms with Gasteiger partial charge in [0.05, 0.1) is 23.7 Å². The first-order valence-corrected chi connectivity index (χ1v) is 8.93. The molecule has 4 aromatic rings. The summed E-state index contributed by atoms with van der Waals surface area (Å²) in [4.78, 5) is 4.66. The van der Waals surface area contributed by atoms with E-state index in [1.54, 1.807) is 6.92 Å². The summed E-state index contributed by atoms with van der Waals surface area (Å²) in [6, 6.07) is 19.7. The van der Waals surface area contributed by atoms with Crippen molar-refractivity contribution in [1.82, 2.24) is 9.55 Å². The van der Waals surface area contributed by atoms with Gasteiger partial charge in [0.25, 0.3) is 0 Å². The van der Waals surface area contributed by atoms with Gasteiger partial charge >= 0.3 is 0 Å². The fourth-order valence-corrected chi connectivity index (χ4v) is 3.36. The fraction of sp³-hybridized carbons (Fsp3) is 0.190. The molecule has 132 valence electrons. The van der Waals surface area contributed by atoms with Crippen molar-refractivity contribution in [3.05, 3.63) is 71.5 Å². The first kappa shape index (κ1) is 16.9. The van der Waals surface area contributed by atoms with E-state index in [4.69, 9.17) is 16.3 Å². The van der Waals surface area contributed by atoms with Gasteiger partial charge in [-0.2, -0.15) is 0 Å². The lowest BCUT2D eigenvalue weighted by molar-refractivity contribution is 0.171. The van der Waals surface area contributed by atoms with Crippen molar-refractivity contribution < 1.29 is 9.84 Å². The number of ether oxygens (including phenoxy) is 1. The number of aliphatic hydroxyl groups excluding tert-OH is 1. The molecule has 1 unspecified atom stereocenters. The van der Waals surface area contributed by atoms with Crippen LogP contribution < -0.4 is 4.74 Å². The lowest BCUT2D eigenvalue weighted by Gasteiger charge is -2.13. The molecule has 0 fully saturated rings. The number of benzene rings is 3. The highest BCUT2D eigenvalue weighted by Gasteiger charge is 2.14. The Balaban J connectivity index is 1.70. The predicted octanol–water partition coefficient (Wildman–Crippen LogP) is 4.80. The average Bonchev–Trinajstić information content (AvgIpc) is 2.96. The molecule has 0 saturated heterocycles. The van der Waals surface area contributed by atoms with Crippen molar-refractivity contribution in [2.24, 2.45) is 0 Å². The molecule has 0 aliphatic heterocycles. The predicted molar refractivity (Wildman–Crippen MR) is 105 cm³/mol. The molecule has 0 amide bonds. The van der Waals surface area contributed by atoms with Gasteiger partial charge in [0.1, 0.15) is 18.2 Å². The number of aromatic nitrogens is 2. The zero-order chi connectivity index (χ0) is 18.1. The third kappa shape index (κ3) is 3.26. The summed E-state index contributed by atoms with van der Waals surface area (Å²) in [6.45, 7) is 2.52. The average molecular weight is 367 g/mol. The summed E-state index contributed by atoms with van der Waals surface area (Å²) in [5, 5.41) is 12.7. The first-order chi connectivity index (χ1) is 12.6. The maximum atomic E-state index is 9.87. The third-order valence-electron chi connectivity index (χ3n) is 4.34. The highest BCUT2D eigenvalue weighted by Crippen LogP contribution is 2.27. The molecule has 1 atom stereocenters. The van der Waals surface area contributed by atoms with Crippen LogP contribution in [0.15, 0.2) is 60.7 Å². The molecule has 4 rings (SSSR count). The number of rotatable bonds is 5. The second-order valence-electron chi connectivity index (χ2n) is 6.39. The molecule has 0 aliphatic carbocycles. The van der Waals surface area contributed by atoms with Gasteiger partial charge in [0, 0.05) is 10.4 Å². The van der Waals surface area contributed by atoms with Crippen LogP contribution in [0.25, 0.3) is 21.8 Å². The molecule has 1 aromatic heterocycles. The van der Waals surface area contributed by atoms with Gasteiger partial charge in [-0.05, 0) is 36.6 Å². The minimum atomic E-state index is -0.487. The number of hydrogen-bond donors (Lipinski definition) is 1. The van der Waals surface area contributed by atoms with Crippen LogP contribution in [0.5, 0.6) is 5.75 Å². The number of nitrogens with zero attached hydrogens (tertiary/aromatic N) is 2. The van der Waals surface area contributed by atoms with Gasteiger partial charge in [0.2, 0.25) is 0 Å². The molecule has 0 bridgehead atoms. The van der Waals surface area contributed by atoms with Gasteiger partial charge in [-0.3, -0.25) is 0 Å². The Morgan fingerprint density at radius 3 is 2.77 bits per heavy atom. The largest absolute Gasteiger partial charge is 0.485 e. The topological polar surface area (TPSA) is 47.3 Å². The monoisotopic (exact) mass is 366 g/mol. The molecule has 1 heterocycles. The Labute approximate surface area is 156 Å². The highest BCUT2D eigenvalue weighted by molar-refractivity contribution is 6.31. The first-order valence-electron chi connectivity index (χ1n) is 8.55. The minimum Gasteiger partial charge on any atom is -0.485 e. The molecule has 0 radical (unpaired) electrons. The van der Waals surface area contributed by atoms with Crippen LogP contribution in [0.4, 0.5) is 0 Å². The second kappa shape index (κ2) is 6.98. The van der Waals surface area contributed by atoms with E-state index in [2.05, 4.69) is 17.1 Å². The van der Waals surface area contributed by atoms with Gasteiger partial charge < -0.3 is 14.4 Å². The number of imidazole rings is 1. The maximum Gasteiger partial charge on any atom is 0.148 e. The zero-order valence-corrected chi connectivity index (χ0v) is 15.1. The fourth-order valence-electron chi connectivity index (χ4n) is 3.19. The van der Waals surface area contributed by atoms with Crippen LogP contribution in [-0.2, 0) is 13.2 Å². The molecule has 26 heavy (non-hydrogen) atoms. The van der Waals surface area contributed by atoms with Gasteiger partial charge in [0.15, 0.2) is 0 Å². The van der Waals surface area contributed by atoms with Crippen LogP contribution in [0.2, 0.25) is 5.02 Å². The molecule has 0 aliphatic rings. The molecular formula is C21H19ClN2O2. The summed E-state index contributed by atoms with van der Waals surface area (Å²) in [5.41, 5.74) is 1.74. The van der Waals surface area contributed by atoms with Crippen molar-refractivity contribution in [2.45, 2.75) is 26.2 Å². The third-order valence-corrected chi connectivity index (χ3v) is 4.58. The van der Waals surface area contributed by atoms with E-state index in [9.17, 15) is 5.11 Å². The Morgan fingerprint density at radius 1 is 1.12 bits per heavy atom. The van der Waals surface area contributed by atoms with E-state index in [1.807, 2.05) is 53.1 Å². The van der Waals surface area contributed by atoms with E-state index in [-0.39, 0.29) is 0 Å². The number of aliphatic hydroxyl groups is 1. The molecule has 0 spiro atoms. The van der Waals surface area contributed by atoms with Crippen molar-refractivity contribution in [1.29, 1.82) is 0 Å². The molecule has 0 saturated carbocycles. The van der Waals surface area contributed by atoms with Crippen molar-refractivity contribution in [3.8, 4) is 5.75 Å². The van der Waals surface area contributed by atoms with Crippen LogP contribution in [-0.4, -0.2) is 20.8 Å². The Morgan fingerprint density at radius 2 is 1.92 bits per heavy atom. The van der Waals surface area contributed by atoms with Crippen molar-refractivity contribution in [2.75, 3.05) is 0 Å². The standard InChI is InChI=1S/C21H19ClN2O2/c1-14(25)12-24-19-10-9-16(22)11-18(19)23-21(24)13-26-20-8-4-6-15-5-2-3-7-17(15)20/h2-11,14,25H,12-13H2,1H3. The summed E-state index contributed by atoms with van der Waals surface area (Å²) in [5.74, 6) is 1.58. The summed E-state index contributed by atoms with van der Waals surface area (Å²) >= 11 is 6.09. The van der Waals surface area contributed by atoms with Crippen LogP contribution in [0.3, 0.4) is 0 Å². The van der Waals surface area contributed by atoms with Crippen LogP contribution in [0, 0.1) is 0 Å². The van der Waals surface area contributed by atoms with Gasteiger partial charge in [-0.1, -0.05) is 48.0 Å². The quantitative estimate of drug-likeness (QED) is 0.551. The SMILES string of the molecule is CC(O)Cn1c(COc2cccc3ccccc23)nc2cc(Cl)ccc21. The highest BCUT2D eigenvalue weighted by atomic mass is 35.5. The molecule has 3 aromatic carbocycles. The maximum absolute atomic E-state index is 9.87.